The fourth-order valence-electron chi connectivity index (χ4n) is 5.71. The highest BCUT2D eigenvalue weighted by Crippen LogP contribution is 2.62. The van der Waals surface area contributed by atoms with Gasteiger partial charge in [-0.15, -0.1) is 0 Å². The van der Waals surface area contributed by atoms with E-state index in [0.29, 0.717) is 26.1 Å². The molecule has 0 aromatic heterocycles. The number of rotatable bonds is 2. The fraction of sp³-hybridized carbons (Fsp3) is 0.600. The molecule has 2 heterocycles. The highest BCUT2D eigenvalue weighted by Gasteiger charge is 2.64. The van der Waals surface area contributed by atoms with Gasteiger partial charge in [-0.25, -0.2) is 0 Å². The van der Waals surface area contributed by atoms with Gasteiger partial charge in [0.15, 0.2) is 0 Å². The number of para-hydroxylation sites is 1. The minimum atomic E-state index is -0.716. The maximum absolute atomic E-state index is 13.2. The lowest BCUT2D eigenvalue weighted by Crippen LogP contribution is -2.38. The number of carboxylic acids is 1. The van der Waals surface area contributed by atoms with Crippen LogP contribution in [0.3, 0.4) is 0 Å². The molecule has 0 bridgehead atoms. The number of nitrogens with zero attached hydrogens (tertiary/aromatic N) is 1. The van der Waals surface area contributed by atoms with Crippen molar-refractivity contribution in [3.63, 3.8) is 0 Å². The molecule has 1 aromatic carbocycles. The van der Waals surface area contributed by atoms with Crippen molar-refractivity contribution < 1.29 is 19.4 Å². The van der Waals surface area contributed by atoms with Crippen LogP contribution in [-0.4, -0.2) is 41.6 Å². The van der Waals surface area contributed by atoms with Crippen molar-refractivity contribution in [2.75, 3.05) is 19.7 Å². The third kappa shape index (κ3) is 1.95. The summed E-state index contributed by atoms with van der Waals surface area (Å²) in [6.45, 7) is 1.68. The molecule has 5 nitrogen and oxygen atoms in total. The zero-order chi connectivity index (χ0) is 17.2. The number of carboxylic acid groups (broad SMARTS) is 1. The maximum Gasteiger partial charge on any atom is 0.311 e. The lowest BCUT2D eigenvalue weighted by Gasteiger charge is -2.28. The molecule has 132 valence electrons. The van der Waals surface area contributed by atoms with E-state index in [1.54, 1.807) is 0 Å². The number of aliphatic carboxylic acids is 1. The molecule has 3 fully saturated rings. The molecule has 2 aliphatic carbocycles. The molecule has 1 N–H and O–H groups in total. The number of benzene rings is 1. The number of likely N-dealkylation sites (tertiary alicyclic amines) is 1. The summed E-state index contributed by atoms with van der Waals surface area (Å²) in [7, 11) is 0. The number of amides is 1. The highest BCUT2D eigenvalue weighted by molar-refractivity contribution is 5.87. The second kappa shape index (κ2) is 4.99. The topological polar surface area (TPSA) is 66.8 Å². The van der Waals surface area contributed by atoms with E-state index < -0.39 is 11.4 Å². The average Bonchev–Trinajstić information content (AvgIpc) is 2.98. The Bertz CT molecular complexity index is 762. The third-order valence-electron chi connectivity index (χ3n) is 7.21. The first kappa shape index (κ1) is 15.2. The van der Waals surface area contributed by atoms with Crippen LogP contribution >= 0.6 is 0 Å². The summed E-state index contributed by atoms with van der Waals surface area (Å²) in [4.78, 5) is 26.9. The molecule has 2 saturated carbocycles. The van der Waals surface area contributed by atoms with Gasteiger partial charge in [-0.05, 0) is 37.7 Å². The SMILES string of the molecule is O=C(C1CC12CCOc1ccccc12)N1C[C@@H]2CCC[C@@]2(C(=O)O)C1. The summed E-state index contributed by atoms with van der Waals surface area (Å²) >= 11 is 0. The molecule has 1 saturated heterocycles. The van der Waals surface area contributed by atoms with Crippen LogP contribution in [0.5, 0.6) is 5.75 Å². The van der Waals surface area contributed by atoms with E-state index in [1.165, 1.54) is 0 Å². The van der Waals surface area contributed by atoms with Crippen LogP contribution in [0.4, 0.5) is 0 Å². The normalized spacial score (nSPS) is 38.2. The lowest BCUT2D eigenvalue weighted by molar-refractivity contribution is -0.149. The molecule has 1 amide bonds. The molecule has 5 heteroatoms. The molecular weight excluding hydrogens is 318 g/mol. The van der Waals surface area contributed by atoms with Crippen LogP contribution in [0.1, 0.15) is 37.7 Å². The Morgan fingerprint density at radius 2 is 2.08 bits per heavy atom. The zero-order valence-corrected chi connectivity index (χ0v) is 14.2. The minimum Gasteiger partial charge on any atom is -0.493 e. The summed E-state index contributed by atoms with van der Waals surface area (Å²) in [5.41, 5.74) is 0.387. The lowest BCUT2D eigenvalue weighted by atomic mass is 9.81. The van der Waals surface area contributed by atoms with E-state index in [-0.39, 0.29) is 23.2 Å². The van der Waals surface area contributed by atoms with Gasteiger partial charge in [-0.2, -0.15) is 0 Å². The van der Waals surface area contributed by atoms with Crippen molar-refractivity contribution in [2.45, 2.75) is 37.5 Å². The number of ether oxygens (including phenoxy) is 1. The van der Waals surface area contributed by atoms with Crippen LogP contribution in [0.25, 0.3) is 0 Å². The summed E-state index contributed by atoms with van der Waals surface area (Å²) in [5, 5.41) is 9.75. The molecule has 4 aliphatic rings. The van der Waals surface area contributed by atoms with E-state index in [1.807, 2.05) is 23.1 Å². The molecule has 2 aliphatic heterocycles. The summed E-state index contributed by atoms with van der Waals surface area (Å²) in [5.74, 6) is 0.469. The van der Waals surface area contributed by atoms with Gasteiger partial charge in [0, 0.05) is 30.0 Å². The Morgan fingerprint density at radius 3 is 2.88 bits per heavy atom. The fourth-order valence-corrected chi connectivity index (χ4v) is 5.71. The van der Waals surface area contributed by atoms with Gasteiger partial charge in [0.1, 0.15) is 5.75 Å². The van der Waals surface area contributed by atoms with Crippen molar-refractivity contribution in [1.29, 1.82) is 0 Å². The quantitative estimate of drug-likeness (QED) is 0.897. The second-order valence-electron chi connectivity index (χ2n) is 8.28. The van der Waals surface area contributed by atoms with E-state index in [9.17, 15) is 14.7 Å². The number of hydrogen-bond donors (Lipinski definition) is 1. The molecule has 1 spiro atoms. The van der Waals surface area contributed by atoms with Crippen LogP contribution in [-0.2, 0) is 15.0 Å². The Kier molecular flexibility index (Phi) is 3.04. The molecule has 1 aromatic rings. The van der Waals surface area contributed by atoms with Crippen molar-refractivity contribution >= 4 is 11.9 Å². The van der Waals surface area contributed by atoms with Crippen molar-refractivity contribution in [2.24, 2.45) is 17.3 Å². The smallest absolute Gasteiger partial charge is 0.311 e. The monoisotopic (exact) mass is 341 g/mol. The predicted octanol–water partition coefficient (Wildman–Crippen LogP) is 2.44. The van der Waals surface area contributed by atoms with Crippen LogP contribution in [0.15, 0.2) is 24.3 Å². The second-order valence-corrected chi connectivity index (χ2v) is 8.28. The number of carbonyl (C=O) groups excluding carboxylic acids is 1. The van der Waals surface area contributed by atoms with Gasteiger partial charge in [0.2, 0.25) is 5.91 Å². The van der Waals surface area contributed by atoms with Crippen LogP contribution in [0.2, 0.25) is 0 Å². The molecular formula is C20H23NO4. The predicted molar refractivity (Wildman–Crippen MR) is 90.3 cm³/mol. The van der Waals surface area contributed by atoms with Crippen molar-refractivity contribution in [3.05, 3.63) is 29.8 Å². The number of fused-ring (bicyclic) bond motifs is 3. The van der Waals surface area contributed by atoms with E-state index in [2.05, 4.69) is 6.07 Å². The Balaban J connectivity index is 1.39. The van der Waals surface area contributed by atoms with E-state index in [4.69, 9.17) is 4.74 Å². The maximum atomic E-state index is 13.2. The first-order chi connectivity index (χ1) is 12.1. The highest BCUT2D eigenvalue weighted by atomic mass is 16.5. The van der Waals surface area contributed by atoms with Crippen LogP contribution < -0.4 is 4.74 Å². The summed E-state index contributed by atoms with van der Waals surface area (Å²) in [6, 6.07) is 8.04. The zero-order valence-electron chi connectivity index (χ0n) is 14.2. The standard InChI is InChI=1S/C20H23NO4/c22-17(21-11-13-4-3-7-20(13,12-21)18(23)24)15-10-19(15)8-9-25-16-6-2-1-5-14(16)19/h1-2,5-6,13,15H,3-4,7-12H2,(H,23,24)/t13-,15?,19?,20+/m0/s1. The van der Waals surface area contributed by atoms with Gasteiger partial charge in [0.05, 0.1) is 12.0 Å². The van der Waals surface area contributed by atoms with E-state index >= 15 is 0 Å². The number of carbonyl (C=O) groups is 2. The van der Waals surface area contributed by atoms with Gasteiger partial charge in [-0.1, -0.05) is 24.6 Å². The molecule has 25 heavy (non-hydrogen) atoms. The summed E-state index contributed by atoms with van der Waals surface area (Å²) < 4.78 is 5.76. The van der Waals surface area contributed by atoms with Crippen molar-refractivity contribution in [1.82, 2.24) is 4.90 Å². The van der Waals surface area contributed by atoms with Gasteiger partial charge < -0.3 is 14.7 Å². The molecule has 4 atom stereocenters. The Hall–Kier alpha value is -2.04. The largest absolute Gasteiger partial charge is 0.493 e. The Labute approximate surface area is 147 Å². The third-order valence-corrected chi connectivity index (χ3v) is 7.21. The van der Waals surface area contributed by atoms with Gasteiger partial charge in [0.25, 0.3) is 0 Å². The molecule has 0 radical (unpaired) electrons. The first-order valence-electron chi connectivity index (χ1n) is 9.31. The van der Waals surface area contributed by atoms with Crippen LogP contribution in [0, 0.1) is 17.3 Å². The molecule has 5 rings (SSSR count). The van der Waals surface area contributed by atoms with E-state index in [0.717, 1.165) is 37.0 Å². The molecule has 2 unspecified atom stereocenters. The van der Waals surface area contributed by atoms with Gasteiger partial charge in [-0.3, -0.25) is 9.59 Å². The average molecular weight is 341 g/mol. The van der Waals surface area contributed by atoms with Crippen molar-refractivity contribution in [3.8, 4) is 5.75 Å². The number of hydrogen-bond acceptors (Lipinski definition) is 3. The summed E-state index contributed by atoms with van der Waals surface area (Å²) in [6.07, 6.45) is 4.36. The minimum absolute atomic E-state index is 0.0118. The van der Waals surface area contributed by atoms with Gasteiger partial charge >= 0.3 is 5.97 Å². The Morgan fingerprint density at radius 1 is 1.24 bits per heavy atom. The first-order valence-corrected chi connectivity index (χ1v) is 9.31.